The highest BCUT2D eigenvalue weighted by Gasteiger charge is 2.20. The van der Waals surface area contributed by atoms with E-state index in [1.807, 2.05) is 30.3 Å². The quantitative estimate of drug-likeness (QED) is 0.150. The summed E-state index contributed by atoms with van der Waals surface area (Å²) >= 11 is 0. The number of rotatable bonds is 7. The number of pyridine rings is 1. The Morgan fingerprint density at radius 3 is 1.34 bits per heavy atom. The van der Waals surface area contributed by atoms with Gasteiger partial charge in [0.2, 0.25) is 0 Å². The number of hydrogen-bond acceptors (Lipinski definition) is 4. The maximum atomic E-state index is 5.60. The van der Waals surface area contributed by atoms with E-state index in [9.17, 15) is 0 Å². The molecule has 0 spiro atoms. The normalized spacial score (nSPS) is 11.7. The van der Waals surface area contributed by atoms with Crippen LogP contribution in [0.4, 0.5) is 0 Å². The molecular formula is C64H40N6. The first-order valence-corrected chi connectivity index (χ1v) is 23.6. The molecule has 14 aromatic rings. The molecule has 0 saturated carbocycles. The van der Waals surface area contributed by atoms with E-state index in [-0.39, 0.29) is 0 Å². The average Bonchev–Trinajstić information content (AvgIpc) is 3.95. The minimum Gasteiger partial charge on any atom is -0.309 e. The molecule has 70 heavy (non-hydrogen) atoms. The van der Waals surface area contributed by atoms with E-state index in [1.165, 1.54) is 32.4 Å². The molecule has 4 aromatic heterocycles. The number of nitrogens with zero attached hydrogens (tertiary/aromatic N) is 6. The van der Waals surface area contributed by atoms with Gasteiger partial charge in [0, 0.05) is 71.5 Å². The van der Waals surface area contributed by atoms with Crippen LogP contribution in [0.25, 0.3) is 133 Å². The highest BCUT2D eigenvalue weighted by molar-refractivity contribution is 6.21. The van der Waals surface area contributed by atoms with Crippen LogP contribution in [0.5, 0.6) is 0 Å². The van der Waals surface area contributed by atoms with Crippen LogP contribution in [0.1, 0.15) is 0 Å². The Balaban J connectivity index is 0.913. The Morgan fingerprint density at radius 2 is 0.700 bits per heavy atom. The van der Waals surface area contributed by atoms with Crippen molar-refractivity contribution >= 4 is 65.3 Å². The molecule has 6 heteroatoms. The Hall–Kier alpha value is -9.52. The lowest BCUT2D eigenvalue weighted by Crippen LogP contribution is -2.01. The van der Waals surface area contributed by atoms with E-state index in [0.29, 0.717) is 17.5 Å². The lowest BCUT2D eigenvalue weighted by atomic mass is 9.94. The number of para-hydroxylation sites is 5. The van der Waals surface area contributed by atoms with Crippen LogP contribution in [0.2, 0.25) is 0 Å². The average molecular weight is 893 g/mol. The molecule has 326 valence electrons. The number of aromatic nitrogens is 6. The van der Waals surface area contributed by atoms with Gasteiger partial charge in [0.25, 0.3) is 0 Å². The van der Waals surface area contributed by atoms with Gasteiger partial charge in [-0.05, 0) is 65.5 Å². The third kappa shape index (κ3) is 6.42. The molecule has 0 fully saturated rings. The van der Waals surface area contributed by atoms with E-state index in [0.717, 1.165) is 83.3 Å². The monoisotopic (exact) mass is 892 g/mol. The van der Waals surface area contributed by atoms with Gasteiger partial charge in [-0.2, -0.15) is 0 Å². The summed E-state index contributed by atoms with van der Waals surface area (Å²) in [4.78, 5) is 21.0. The highest BCUT2D eigenvalue weighted by atomic mass is 15.0. The molecule has 4 heterocycles. The highest BCUT2D eigenvalue weighted by Crippen LogP contribution is 2.42. The van der Waals surface area contributed by atoms with Crippen molar-refractivity contribution in [3.8, 4) is 67.9 Å². The fourth-order valence-electron chi connectivity index (χ4n) is 10.5. The van der Waals surface area contributed by atoms with Crippen LogP contribution in [0, 0.1) is 0 Å². The summed E-state index contributed by atoms with van der Waals surface area (Å²) in [5.41, 5.74) is 14.6. The zero-order chi connectivity index (χ0) is 46.1. The second-order valence-electron chi connectivity index (χ2n) is 17.8. The molecule has 0 bridgehead atoms. The van der Waals surface area contributed by atoms with Crippen molar-refractivity contribution in [2.45, 2.75) is 0 Å². The van der Waals surface area contributed by atoms with Crippen LogP contribution in [0.15, 0.2) is 243 Å². The molecule has 0 N–H and O–H groups in total. The predicted octanol–water partition coefficient (Wildman–Crippen LogP) is 16.1. The molecule has 0 atom stereocenters. The fourth-order valence-corrected chi connectivity index (χ4v) is 10.5. The van der Waals surface area contributed by atoms with Crippen LogP contribution in [0.3, 0.4) is 0 Å². The van der Waals surface area contributed by atoms with Crippen LogP contribution in [-0.4, -0.2) is 29.1 Å². The Bertz CT molecular complexity index is 4280. The lowest BCUT2D eigenvalue weighted by Gasteiger charge is -2.15. The minimum atomic E-state index is 0.602. The summed E-state index contributed by atoms with van der Waals surface area (Å²) in [6.07, 6.45) is 0. The molecule has 0 aliphatic carbocycles. The first-order chi connectivity index (χ1) is 34.7. The summed E-state index contributed by atoms with van der Waals surface area (Å²) in [7, 11) is 0. The van der Waals surface area contributed by atoms with Gasteiger partial charge in [0.05, 0.1) is 33.3 Å². The summed E-state index contributed by atoms with van der Waals surface area (Å²) in [5, 5.41) is 8.24. The SMILES string of the molecule is c1ccc(-c2nc(-c3ccc(-c4cccc5c4nc(-c4ccccc4)c4cc6c(cc45)c4ccccc4n6-c4ccccc4)cc3)nc(-c3cccc(-n4c5ccccc5c5ccccc54)c3)n2)cc1. The molecule has 0 amide bonds. The van der Waals surface area contributed by atoms with E-state index < -0.39 is 0 Å². The van der Waals surface area contributed by atoms with E-state index in [2.05, 4.69) is 221 Å². The molecule has 6 nitrogen and oxygen atoms in total. The topological polar surface area (TPSA) is 61.4 Å². The Morgan fingerprint density at radius 1 is 0.243 bits per heavy atom. The van der Waals surface area contributed by atoms with Crippen molar-refractivity contribution < 1.29 is 0 Å². The predicted molar refractivity (Wildman–Crippen MR) is 288 cm³/mol. The Kier molecular flexibility index (Phi) is 9.10. The van der Waals surface area contributed by atoms with Gasteiger partial charge in [-0.1, -0.05) is 188 Å². The first kappa shape index (κ1) is 39.6. The van der Waals surface area contributed by atoms with Gasteiger partial charge in [0.15, 0.2) is 17.5 Å². The second-order valence-corrected chi connectivity index (χ2v) is 17.8. The molecule has 14 rings (SSSR count). The smallest absolute Gasteiger partial charge is 0.164 e. The molecular weight excluding hydrogens is 853 g/mol. The van der Waals surface area contributed by atoms with Crippen molar-refractivity contribution in [3.05, 3.63) is 243 Å². The second kappa shape index (κ2) is 16.1. The lowest BCUT2D eigenvalue weighted by molar-refractivity contribution is 1.07. The van der Waals surface area contributed by atoms with Gasteiger partial charge >= 0.3 is 0 Å². The van der Waals surface area contributed by atoms with Crippen molar-refractivity contribution in [1.29, 1.82) is 0 Å². The third-order valence-electron chi connectivity index (χ3n) is 13.7. The van der Waals surface area contributed by atoms with E-state index in [1.54, 1.807) is 0 Å². The molecule has 0 radical (unpaired) electrons. The number of hydrogen-bond donors (Lipinski definition) is 0. The number of benzene rings is 10. The standard InChI is InChI=1S/C64H40N6/c1-4-18-42(19-5-1)60-55-40-59-54(51-28-12-15-33-58(51)69(59)46-23-8-3-9-24-46)39-53(55)52-30-17-29-48(61(52)65-60)41-34-36-44(37-35-41)63-66-62(43-20-6-2-7-21-43)67-64(68-63)45-22-16-25-47(38-45)70-56-31-13-10-26-49(56)50-27-11-14-32-57(50)70/h1-40H. The van der Waals surface area contributed by atoms with Gasteiger partial charge in [0.1, 0.15) is 0 Å². The largest absolute Gasteiger partial charge is 0.309 e. The van der Waals surface area contributed by atoms with Gasteiger partial charge in [-0.15, -0.1) is 0 Å². The van der Waals surface area contributed by atoms with E-state index in [4.69, 9.17) is 19.9 Å². The van der Waals surface area contributed by atoms with Gasteiger partial charge in [-0.3, -0.25) is 0 Å². The van der Waals surface area contributed by atoms with Gasteiger partial charge < -0.3 is 9.13 Å². The van der Waals surface area contributed by atoms with Crippen molar-refractivity contribution in [2.75, 3.05) is 0 Å². The van der Waals surface area contributed by atoms with Crippen molar-refractivity contribution in [3.63, 3.8) is 0 Å². The zero-order valence-corrected chi connectivity index (χ0v) is 37.8. The molecule has 0 saturated heterocycles. The molecule has 0 aliphatic heterocycles. The maximum Gasteiger partial charge on any atom is 0.164 e. The van der Waals surface area contributed by atoms with Crippen LogP contribution < -0.4 is 0 Å². The van der Waals surface area contributed by atoms with Crippen molar-refractivity contribution in [1.82, 2.24) is 29.1 Å². The summed E-state index contributed by atoms with van der Waals surface area (Å²) < 4.78 is 4.70. The summed E-state index contributed by atoms with van der Waals surface area (Å²) in [6.45, 7) is 0. The molecule has 10 aromatic carbocycles. The third-order valence-corrected chi connectivity index (χ3v) is 13.7. The van der Waals surface area contributed by atoms with Crippen LogP contribution in [-0.2, 0) is 0 Å². The van der Waals surface area contributed by atoms with Crippen molar-refractivity contribution in [2.24, 2.45) is 0 Å². The minimum absolute atomic E-state index is 0.602. The van der Waals surface area contributed by atoms with E-state index >= 15 is 0 Å². The summed E-state index contributed by atoms with van der Waals surface area (Å²) in [5.74, 6) is 1.83. The Labute approximate surface area is 403 Å². The van der Waals surface area contributed by atoms with Crippen LogP contribution >= 0.6 is 0 Å². The molecule has 0 unspecified atom stereocenters. The summed E-state index contributed by atoms with van der Waals surface area (Å²) in [6, 6.07) is 85.6. The fraction of sp³-hybridized carbons (Fsp3) is 0. The number of fused-ring (bicyclic) bond motifs is 9. The van der Waals surface area contributed by atoms with Gasteiger partial charge in [-0.25, -0.2) is 19.9 Å². The molecule has 0 aliphatic rings. The zero-order valence-electron chi connectivity index (χ0n) is 37.8. The maximum absolute atomic E-state index is 5.60. The first-order valence-electron chi connectivity index (χ1n) is 23.6.